The Balaban J connectivity index is 1.81. The molecule has 10 heteroatoms. The molecule has 2 aromatic rings. The Bertz CT molecular complexity index is 1050. The molecule has 1 aromatic heterocycles. The first-order chi connectivity index (χ1) is 13.8. The lowest BCUT2D eigenvalue weighted by molar-refractivity contribution is -0.124. The largest absolute Gasteiger partial charge is 0.271 e. The highest BCUT2D eigenvalue weighted by molar-refractivity contribution is 7.90. The highest BCUT2D eigenvalue weighted by Crippen LogP contribution is 2.24. The Morgan fingerprint density at radius 3 is 2.62 bits per heavy atom. The molecular formula is C19H21N5O4S. The number of fused-ring (bicyclic) bond motifs is 1. The van der Waals surface area contributed by atoms with Crippen molar-refractivity contribution in [2.75, 3.05) is 0 Å². The van der Waals surface area contributed by atoms with Gasteiger partial charge in [0.05, 0.1) is 10.5 Å². The van der Waals surface area contributed by atoms with Gasteiger partial charge in [0.25, 0.3) is 21.8 Å². The molecule has 0 radical (unpaired) electrons. The maximum Gasteiger partial charge on any atom is 0.271 e. The molecule has 3 rings (SSSR count). The van der Waals surface area contributed by atoms with Crippen LogP contribution in [0.3, 0.4) is 0 Å². The first-order valence-electron chi connectivity index (χ1n) is 9.03. The van der Waals surface area contributed by atoms with Gasteiger partial charge in [-0.25, -0.2) is 8.42 Å². The maximum absolute atomic E-state index is 12.7. The van der Waals surface area contributed by atoms with Gasteiger partial charge in [-0.05, 0) is 30.2 Å². The molecule has 152 valence electrons. The quantitative estimate of drug-likeness (QED) is 0.627. The summed E-state index contributed by atoms with van der Waals surface area (Å²) in [5.41, 5.74) is 5.40. The van der Waals surface area contributed by atoms with E-state index in [0.29, 0.717) is 12.0 Å². The van der Waals surface area contributed by atoms with Crippen LogP contribution in [0.5, 0.6) is 0 Å². The summed E-state index contributed by atoms with van der Waals surface area (Å²) in [5.74, 6) is -1.16. The molecule has 0 saturated carbocycles. The molecule has 0 spiro atoms. The average Bonchev–Trinajstić information content (AvgIpc) is 3.00. The summed E-state index contributed by atoms with van der Waals surface area (Å²) in [6.45, 7) is 3.72. The van der Waals surface area contributed by atoms with E-state index in [-0.39, 0.29) is 22.2 Å². The van der Waals surface area contributed by atoms with Gasteiger partial charge in [0.15, 0.2) is 0 Å². The highest BCUT2D eigenvalue weighted by atomic mass is 32.2. The number of carbonyl (C=O) groups is 2. The number of sulfonamides is 1. The van der Waals surface area contributed by atoms with Crippen molar-refractivity contribution in [3.05, 3.63) is 59.9 Å². The van der Waals surface area contributed by atoms with Crippen molar-refractivity contribution in [2.45, 2.75) is 31.2 Å². The van der Waals surface area contributed by atoms with Crippen molar-refractivity contribution in [2.24, 2.45) is 10.9 Å². The lowest BCUT2D eigenvalue weighted by Crippen LogP contribution is -2.48. The number of pyridine rings is 1. The molecule has 1 aliphatic rings. The van der Waals surface area contributed by atoms with Crippen LogP contribution in [0, 0.1) is 5.92 Å². The van der Waals surface area contributed by atoms with Crippen LogP contribution in [0.4, 0.5) is 0 Å². The van der Waals surface area contributed by atoms with E-state index in [0.717, 1.165) is 0 Å². The van der Waals surface area contributed by atoms with Gasteiger partial charge in [0, 0.05) is 18.0 Å². The maximum atomic E-state index is 12.7. The lowest BCUT2D eigenvalue weighted by atomic mass is 9.99. The Labute approximate surface area is 168 Å². The monoisotopic (exact) mass is 415 g/mol. The van der Waals surface area contributed by atoms with Crippen LogP contribution in [0.15, 0.2) is 58.7 Å². The van der Waals surface area contributed by atoms with Crippen LogP contribution in [0.25, 0.3) is 0 Å². The predicted octanol–water partition coefficient (Wildman–Crippen LogP) is 0.996. The number of amides is 2. The molecule has 1 aliphatic heterocycles. The Kier molecular flexibility index (Phi) is 5.92. The van der Waals surface area contributed by atoms with Crippen molar-refractivity contribution in [3.63, 3.8) is 0 Å². The summed E-state index contributed by atoms with van der Waals surface area (Å²) in [4.78, 5) is 33.2. The molecule has 2 heterocycles. The first kappa shape index (κ1) is 20.5. The minimum absolute atomic E-state index is 0.111. The summed E-state index contributed by atoms with van der Waals surface area (Å²) in [6, 6.07) is 8.68. The van der Waals surface area contributed by atoms with Gasteiger partial charge in [-0.2, -0.15) is 0 Å². The second kappa shape index (κ2) is 8.39. The van der Waals surface area contributed by atoms with Gasteiger partial charge in [0.1, 0.15) is 11.9 Å². The molecule has 2 atom stereocenters. The second-order valence-corrected chi connectivity index (χ2v) is 8.25. The summed E-state index contributed by atoms with van der Waals surface area (Å²) < 4.78 is 26.9. The fourth-order valence-electron chi connectivity index (χ4n) is 2.80. The van der Waals surface area contributed by atoms with Crippen LogP contribution in [0.1, 0.15) is 36.2 Å². The minimum atomic E-state index is -3.71. The van der Waals surface area contributed by atoms with Crippen molar-refractivity contribution in [3.8, 4) is 0 Å². The van der Waals surface area contributed by atoms with E-state index in [1.54, 1.807) is 30.3 Å². The zero-order chi connectivity index (χ0) is 21.0. The highest BCUT2D eigenvalue weighted by Gasteiger charge is 2.33. The lowest BCUT2D eigenvalue weighted by Gasteiger charge is -2.19. The molecule has 2 amide bonds. The molecular weight excluding hydrogens is 394 g/mol. The molecule has 0 saturated heterocycles. The zero-order valence-corrected chi connectivity index (χ0v) is 16.7. The Hall–Kier alpha value is -3.27. The summed E-state index contributed by atoms with van der Waals surface area (Å²) in [7, 11) is -3.71. The molecule has 0 aliphatic carbocycles. The van der Waals surface area contributed by atoms with Crippen LogP contribution in [-0.2, 0) is 14.8 Å². The SMILES string of the molecule is CC[C@H](C)[C@H](N=C1NS(=O)(=O)c2ccccc21)C(=O)NNC(=O)c1cccnc1. The minimum Gasteiger partial charge on any atom is -0.271 e. The normalized spacial score (nSPS) is 17.7. The van der Waals surface area contributed by atoms with Gasteiger partial charge < -0.3 is 0 Å². The summed E-state index contributed by atoms with van der Waals surface area (Å²) >= 11 is 0. The smallest absolute Gasteiger partial charge is 0.271 e. The van der Waals surface area contributed by atoms with E-state index in [9.17, 15) is 18.0 Å². The topological polar surface area (TPSA) is 130 Å². The van der Waals surface area contributed by atoms with Gasteiger partial charge in [0.2, 0.25) is 0 Å². The average molecular weight is 415 g/mol. The van der Waals surface area contributed by atoms with E-state index in [2.05, 4.69) is 25.6 Å². The number of hydrazine groups is 1. The summed E-state index contributed by atoms with van der Waals surface area (Å²) in [6.07, 6.45) is 3.53. The number of nitrogens with one attached hydrogen (secondary N) is 3. The van der Waals surface area contributed by atoms with Crippen LogP contribution >= 0.6 is 0 Å². The van der Waals surface area contributed by atoms with Gasteiger partial charge in [-0.3, -0.25) is 35.1 Å². The molecule has 1 aromatic carbocycles. The molecule has 3 N–H and O–H groups in total. The number of rotatable bonds is 5. The number of aliphatic imine (C=N–C) groups is 1. The van der Waals surface area contributed by atoms with Crippen LogP contribution in [-0.4, -0.2) is 37.1 Å². The van der Waals surface area contributed by atoms with Crippen molar-refractivity contribution < 1.29 is 18.0 Å². The van der Waals surface area contributed by atoms with Crippen LogP contribution < -0.4 is 15.6 Å². The summed E-state index contributed by atoms with van der Waals surface area (Å²) in [5, 5.41) is 0. The second-order valence-electron chi connectivity index (χ2n) is 6.59. The molecule has 0 bridgehead atoms. The number of hydrogen-bond donors (Lipinski definition) is 3. The number of carbonyl (C=O) groups excluding carboxylic acids is 2. The van der Waals surface area contributed by atoms with E-state index in [4.69, 9.17) is 0 Å². The first-order valence-corrected chi connectivity index (χ1v) is 10.5. The molecule has 9 nitrogen and oxygen atoms in total. The number of aromatic nitrogens is 1. The third-order valence-corrected chi connectivity index (χ3v) is 6.00. The third kappa shape index (κ3) is 4.43. The van der Waals surface area contributed by atoms with E-state index >= 15 is 0 Å². The molecule has 0 fully saturated rings. The van der Waals surface area contributed by atoms with E-state index < -0.39 is 27.9 Å². The van der Waals surface area contributed by atoms with E-state index in [1.165, 1.54) is 18.5 Å². The number of benzene rings is 1. The van der Waals surface area contributed by atoms with Gasteiger partial charge >= 0.3 is 0 Å². The standard InChI is InChI=1S/C19H21N5O4S/c1-3-12(2)16(19(26)23-22-18(25)13-7-6-10-20-11-13)21-17-14-8-4-5-9-15(14)29(27,28)24-17/h4-12,16H,3H2,1-2H3,(H,21,24)(H,22,25)(H,23,26)/t12-,16-/m0/s1. The number of amidine groups is 1. The van der Waals surface area contributed by atoms with Crippen LogP contribution in [0.2, 0.25) is 0 Å². The zero-order valence-electron chi connectivity index (χ0n) is 15.9. The van der Waals surface area contributed by atoms with Crippen molar-refractivity contribution in [1.29, 1.82) is 0 Å². The van der Waals surface area contributed by atoms with Gasteiger partial charge in [-0.15, -0.1) is 0 Å². The number of nitrogens with zero attached hydrogens (tertiary/aromatic N) is 2. The van der Waals surface area contributed by atoms with Crippen molar-refractivity contribution >= 4 is 27.7 Å². The fourth-order valence-corrected chi connectivity index (χ4v) is 4.04. The Morgan fingerprint density at radius 1 is 1.17 bits per heavy atom. The molecule has 0 unspecified atom stereocenters. The fraction of sp³-hybridized carbons (Fsp3) is 0.263. The molecule has 29 heavy (non-hydrogen) atoms. The third-order valence-electron chi connectivity index (χ3n) is 4.61. The van der Waals surface area contributed by atoms with Crippen molar-refractivity contribution in [1.82, 2.24) is 20.6 Å². The van der Waals surface area contributed by atoms with Gasteiger partial charge in [-0.1, -0.05) is 32.4 Å². The van der Waals surface area contributed by atoms with E-state index in [1.807, 2.05) is 13.8 Å². The Morgan fingerprint density at radius 2 is 1.93 bits per heavy atom. The number of hydrogen-bond acceptors (Lipinski definition) is 6. The predicted molar refractivity (Wildman–Crippen MR) is 106 cm³/mol.